The highest BCUT2D eigenvalue weighted by atomic mass is 16.5. The van der Waals surface area contributed by atoms with Gasteiger partial charge in [0.2, 0.25) is 0 Å². The van der Waals surface area contributed by atoms with Crippen molar-refractivity contribution in [3.05, 3.63) is 18.0 Å². The van der Waals surface area contributed by atoms with Crippen molar-refractivity contribution in [2.45, 2.75) is 63.8 Å². The van der Waals surface area contributed by atoms with Gasteiger partial charge in [0.15, 0.2) is 0 Å². The van der Waals surface area contributed by atoms with Crippen LogP contribution < -0.4 is 5.32 Å². The third-order valence-electron chi connectivity index (χ3n) is 4.47. The Labute approximate surface area is 127 Å². The maximum Gasteiger partial charge on any atom is 0.114 e. The monoisotopic (exact) mass is 293 g/mol. The van der Waals surface area contributed by atoms with E-state index in [1.54, 1.807) is 0 Å². The number of ether oxygens (including phenoxy) is 2. The van der Waals surface area contributed by atoms with Gasteiger partial charge in [0.25, 0.3) is 0 Å². The third kappa shape index (κ3) is 3.47. The van der Waals surface area contributed by atoms with Crippen molar-refractivity contribution in [1.82, 2.24) is 15.1 Å². The Bertz CT molecular complexity index is 438. The molecule has 1 aromatic heterocycles. The van der Waals surface area contributed by atoms with Gasteiger partial charge in [-0.15, -0.1) is 0 Å². The Hall–Kier alpha value is -0.910. The molecule has 0 radical (unpaired) electrons. The van der Waals surface area contributed by atoms with Crippen molar-refractivity contribution in [2.75, 3.05) is 19.8 Å². The molecule has 2 aliphatic rings. The molecule has 2 saturated heterocycles. The lowest BCUT2D eigenvalue weighted by Gasteiger charge is -2.26. The molecule has 2 fully saturated rings. The summed E-state index contributed by atoms with van der Waals surface area (Å²) in [5.41, 5.74) is 1.20. The fourth-order valence-electron chi connectivity index (χ4n) is 3.41. The van der Waals surface area contributed by atoms with Gasteiger partial charge in [-0.1, -0.05) is 0 Å². The third-order valence-corrected chi connectivity index (χ3v) is 4.47. The van der Waals surface area contributed by atoms with Crippen molar-refractivity contribution in [3.8, 4) is 0 Å². The number of hydrogen-bond donors (Lipinski definition) is 1. The van der Waals surface area contributed by atoms with E-state index in [1.165, 1.54) is 12.1 Å². The van der Waals surface area contributed by atoms with Crippen LogP contribution in [0, 0.1) is 0 Å². The van der Waals surface area contributed by atoms with Crippen LogP contribution in [0.2, 0.25) is 0 Å². The average Bonchev–Trinajstić information content (AvgIpc) is 3.03. The Morgan fingerprint density at radius 3 is 3.00 bits per heavy atom. The summed E-state index contributed by atoms with van der Waals surface area (Å²) in [6.07, 6.45) is 6.54. The zero-order chi connectivity index (χ0) is 14.7. The Kier molecular flexibility index (Phi) is 4.93. The highest BCUT2D eigenvalue weighted by Crippen LogP contribution is 2.31. The summed E-state index contributed by atoms with van der Waals surface area (Å²) in [6.45, 7) is 6.94. The van der Waals surface area contributed by atoms with E-state index in [0.717, 1.165) is 39.1 Å². The van der Waals surface area contributed by atoms with Crippen molar-refractivity contribution in [2.24, 2.45) is 0 Å². The molecule has 2 aliphatic heterocycles. The molecule has 118 valence electrons. The first kappa shape index (κ1) is 15.0. The first-order valence-corrected chi connectivity index (χ1v) is 8.24. The van der Waals surface area contributed by atoms with Gasteiger partial charge in [-0.3, -0.25) is 4.68 Å². The molecule has 3 heterocycles. The van der Waals surface area contributed by atoms with E-state index >= 15 is 0 Å². The summed E-state index contributed by atoms with van der Waals surface area (Å²) < 4.78 is 13.7. The molecule has 0 spiro atoms. The minimum atomic E-state index is 0.124. The molecule has 1 unspecified atom stereocenters. The minimum absolute atomic E-state index is 0.124. The van der Waals surface area contributed by atoms with Crippen LogP contribution in [-0.2, 0) is 9.47 Å². The molecule has 0 amide bonds. The molecule has 0 saturated carbocycles. The number of nitrogens with zero attached hydrogens (tertiary/aromatic N) is 2. The van der Waals surface area contributed by atoms with Crippen molar-refractivity contribution >= 4 is 0 Å². The molecule has 21 heavy (non-hydrogen) atoms. The lowest BCUT2D eigenvalue weighted by atomic mass is 10.0. The van der Waals surface area contributed by atoms with Crippen LogP contribution in [0.3, 0.4) is 0 Å². The fraction of sp³-hybridized carbons (Fsp3) is 0.812. The first-order chi connectivity index (χ1) is 10.3. The zero-order valence-electron chi connectivity index (χ0n) is 13.1. The molecule has 3 atom stereocenters. The highest BCUT2D eigenvalue weighted by molar-refractivity contribution is 5.11. The van der Waals surface area contributed by atoms with E-state index in [9.17, 15) is 0 Å². The Morgan fingerprint density at radius 1 is 1.24 bits per heavy atom. The van der Waals surface area contributed by atoms with E-state index < -0.39 is 0 Å². The van der Waals surface area contributed by atoms with Crippen molar-refractivity contribution in [1.29, 1.82) is 0 Å². The summed E-state index contributed by atoms with van der Waals surface area (Å²) in [5, 5.41) is 8.26. The topological polar surface area (TPSA) is 48.3 Å². The van der Waals surface area contributed by atoms with E-state index in [2.05, 4.69) is 35.0 Å². The quantitative estimate of drug-likeness (QED) is 0.926. The van der Waals surface area contributed by atoms with Crippen LogP contribution in [-0.4, -0.2) is 41.7 Å². The molecule has 0 bridgehead atoms. The SMILES string of the molecule is CC(C)n1nccc1[C@H]1OCC[C@@H]1NC1CCCOCC1. The molecule has 1 aromatic rings. The second kappa shape index (κ2) is 6.90. The van der Waals surface area contributed by atoms with Gasteiger partial charge in [-0.25, -0.2) is 0 Å². The van der Waals surface area contributed by atoms with Gasteiger partial charge in [-0.05, 0) is 45.6 Å². The summed E-state index contributed by atoms with van der Waals surface area (Å²) in [4.78, 5) is 0. The van der Waals surface area contributed by atoms with Crippen LogP contribution in [0.25, 0.3) is 0 Å². The Morgan fingerprint density at radius 2 is 2.14 bits per heavy atom. The molecule has 0 aromatic carbocycles. The Balaban J connectivity index is 1.68. The minimum Gasteiger partial charge on any atom is -0.381 e. The number of rotatable bonds is 4. The predicted octanol–water partition coefficient (Wildman–Crippen LogP) is 2.45. The van der Waals surface area contributed by atoms with Crippen molar-refractivity contribution in [3.63, 3.8) is 0 Å². The predicted molar refractivity (Wildman–Crippen MR) is 81.3 cm³/mol. The number of hydrogen-bond acceptors (Lipinski definition) is 4. The number of aromatic nitrogens is 2. The molecule has 1 N–H and O–H groups in total. The normalized spacial score (nSPS) is 30.7. The van der Waals surface area contributed by atoms with E-state index in [4.69, 9.17) is 9.47 Å². The first-order valence-electron chi connectivity index (χ1n) is 8.24. The molecule has 5 nitrogen and oxygen atoms in total. The largest absolute Gasteiger partial charge is 0.381 e. The van der Waals surface area contributed by atoms with Gasteiger partial charge < -0.3 is 14.8 Å². The van der Waals surface area contributed by atoms with E-state index in [0.29, 0.717) is 18.1 Å². The van der Waals surface area contributed by atoms with Crippen LogP contribution in [0.4, 0.5) is 0 Å². The summed E-state index contributed by atoms with van der Waals surface area (Å²) in [5.74, 6) is 0. The summed E-state index contributed by atoms with van der Waals surface area (Å²) in [7, 11) is 0. The van der Waals surface area contributed by atoms with Crippen molar-refractivity contribution < 1.29 is 9.47 Å². The highest BCUT2D eigenvalue weighted by Gasteiger charge is 2.33. The van der Waals surface area contributed by atoms with Gasteiger partial charge in [-0.2, -0.15) is 5.10 Å². The van der Waals surface area contributed by atoms with Crippen LogP contribution in [0.1, 0.15) is 57.4 Å². The molecular weight excluding hydrogens is 266 g/mol. The molecule has 0 aliphatic carbocycles. The van der Waals surface area contributed by atoms with Gasteiger partial charge in [0, 0.05) is 44.1 Å². The molecule has 3 rings (SSSR count). The maximum atomic E-state index is 6.02. The zero-order valence-corrected chi connectivity index (χ0v) is 13.1. The molecule has 5 heteroatoms. The standard InChI is InChI=1S/C16H27N3O2/c1-12(2)19-15(5-8-17-19)16-14(7-11-21-16)18-13-4-3-9-20-10-6-13/h5,8,12-14,16,18H,3-4,6-7,9-11H2,1-2H3/t13?,14-,16-/m0/s1. The average molecular weight is 293 g/mol. The lowest BCUT2D eigenvalue weighted by molar-refractivity contribution is 0.0867. The molecular formula is C16H27N3O2. The lowest BCUT2D eigenvalue weighted by Crippen LogP contribution is -2.40. The number of nitrogens with one attached hydrogen (secondary N) is 1. The smallest absolute Gasteiger partial charge is 0.114 e. The summed E-state index contributed by atoms with van der Waals surface area (Å²) in [6, 6.07) is 3.41. The van der Waals surface area contributed by atoms with Gasteiger partial charge in [0.1, 0.15) is 6.10 Å². The second-order valence-corrected chi connectivity index (χ2v) is 6.39. The van der Waals surface area contributed by atoms with Crippen LogP contribution in [0.5, 0.6) is 0 Å². The second-order valence-electron chi connectivity index (χ2n) is 6.39. The maximum absolute atomic E-state index is 6.02. The fourth-order valence-corrected chi connectivity index (χ4v) is 3.41. The van der Waals surface area contributed by atoms with Crippen LogP contribution >= 0.6 is 0 Å². The van der Waals surface area contributed by atoms with Gasteiger partial charge in [0.05, 0.1) is 5.69 Å². The van der Waals surface area contributed by atoms with Crippen LogP contribution in [0.15, 0.2) is 12.3 Å². The van der Waals surface area contributed by atoms with E-state index in [-0.39, 0.29) is 6.10 Å². The van der Waals surface area contributed by atoms with Gasteiger partial charge >= 0.3 is 0 Å². The van der Waals surface area contributed by atoms with E-state index in [1.807, 2.05) is 6.20 Å². The summed E-state index contributed by atoms with van der Waals surface area (Å²) >= 11 is 0.